The molecule has 2 aromatic rings. The number of alkyl halides is 3. The monoisotopic (exact) mass is 610 g/mol. The van der Waals surface area contributed by atoms with E-state index in [1.54, 1.807) is 24.1 Å². The van der Waals surface area contributed by atoms with E-state index in [2.05, 4.69) is 9.88 Å². The summed E-state index contributed by atoms with van der Waals surface area (Å²) >= 11 is 6.38. The minimum atomic E-state index is -5.22. The van der Waals surface area contributed by atoms with Crippen molar-refractivity contribution in [2.75, 3.05) is 45.7 Å². The van der Waals surface area contributed by atoms with Crippen molar-refractivity contribution in [3.63, 3.8) is 0 Å². The molecule has 2 aliphatic rings. The predicted molar refractivity (Wildman–Crippen MR) is 154 cm³/mol. The minimum Gasteiger partial charge on any atom is -0.497 e. The van der Waals surface area contributed by atoms with Crippen LogP contribution in [0.25, 0.3) is 0 Å². The molecule has 8 nitrogen and oxygen atoms in total. The van der Waals surface area contributed by atoms with Crippen molar-refractivity contribution in [3.8, 4) is 5.75 Å². The fraction of sp³-hybridized carbons (Fsp3) is 0.567. The molecular weight excluding hydrogens is 573 g/mol. The van der Waals surface area contributed by atoms with Crippen LogP contribution in [0.1, 0.15) is 55.5 Å². The number of halogens is 4. The number of hydrogen-bond donors (Lipinski definition) is 1. The van der Waals surface area contributed by atoms with E-state index in [0.29, 0.717) is 17.8 Å². The van der Waals surface area contributed by atoms with Crippen LogP contribution >= 0.6 is 11.6 Å². The number of anilines is 1. The van der Waals surface area contributed by atoms with Gasteiger partial charge in [0.1, 0.15) is 16.7 Å². The van der Waals surface area contributed by atoms with Gasteiger partial charge < -0.3 is 24.5 Å². The highest BCUT2D eigenvalue weighted by atomic mass is 35.5. The Hall–Kier alpha value is -3.05. The summed E-state index contributed by atoms with van der Waals surface area (Å²) < 4.78 is 47.3. The number of pyridine rings is 1. The van der Waals surface area contributed by atoms with E-state index in [-0.39, 0.29) is 40.7 Å². The lowest BCUT2D eigenvalue weighted by Crippen LogP contribution is -2.55. The first-order valence-corrected chi connectivity index (χ1v) is 14.4. The van der Waals surface area contributed by atoms with Gasteiger partial charge in [0.05, 0.1) is 12.7 Å². The second kappa shape index (κ2) is 11.9. The van der Waals surface area contributed by atoms with Crippen molar-refractivity contribution in [2.45, 2.75) is 57.3 Å². The summed E-state index contributed by atoms with van der Waals surface area (Å²) in [6.07, 6.45) is -1.99. The van der Waals surface area contributed by atoms with E-state index >= 15 is 0 Å². The zero-order valence-electron chi connectivity index (χ0n) is 24.5. The molecule has 2 amide bonds. The van der Waals surface area contributed by atoms with Crippen molar-refractivity contribution in [1.82, 2.24) is 14.8 Å². The van der Waals surface area contributed by atoms with Crippen LogP contribution in [-0.4, -0.2) is 84.8 Å². The smallest absolute Gasteiger partial charge is 0.430 e. The zero-order chi connectivity index (χ0) is 31.0. The summed E-state index contributed by atoms with van der Waals surface area (Å²) in [6, 6.07) is 8.39. The fourth-order valence-electron chi connectivity index (χ4n) is 5.80. The Labute approximate surface area is 249 Å². The van der Waals surface area contributed by atoms with Crippen LogP contribution in [0, 0.1) is 11.3 Å². The lowest BCUT2D eigenvalue weighted by molar-refractivity contribution is -0.261. The molecule has 1 aliphatic heterocycles. The van der Waals surface area contributed by atoms with Gasteiger partial charge in [-0.05, 0) is 75.1 Å². The Morgan fingerprint density at radius 3 is 2.43 bits per heavy atom. The Morgan fingerprint density at radius 1 is 1.19 bits per heavy atom. The summed E-state index contributed by atoms with van der Waals surface area (Å²) in [5, 5.41) is 10.9. The Bertz CT molecular complexity index is 1320. The van der Waals surface area contributed by atoms with Gasteiger partial charge in [-0.2, -0.15) is 13.2 Å². The lowest BCUT2D eigenvalue weighted by Gasteiger charge is -2.35. The van der Waals surface area contributed by atoms with Crippen LogP contribution in [0.5, 0.6) is 5.75 Å². The van der Waals surface area contributed by atoms with Gasteiger partial charge in [0.2, 0.25) is 0 Å². The number of carbonyl (C=O) groups excluding carboxylic acids is 2. The normalized spacial score (nSPS) is 19.4. The third-order valence-corrected chi connectivity index (χ3v) is 9.26. The summed E-state index contributed by atoms with van der Waals surface area (Å²) in [7, 11) is 4.31. The Kier molecular flexibility index (Phi) is 9.04. The van der Waals surface area contributed by atoms with E-state index in [4.69, 9.17) is 16.3 Å². The first-order valence-electron chi connectivity index (χ1n) is 14.0. The molecule has 1 aromatic carbocycles. The van der Waals surface area contributed by atoms with Gasteiger partial charge in [0.25, 0.3) is 17.4 Å². The van der Waals surface area contributed by atoms with Gasteiger partial charge in [-0.1, -0.05) is 23.7 Å². The third-order valence-electron chi connectivity index (χ3n) is 8.97. The van der Waals surface area contributed by atoms with Crippen molar-refractivity contribution in [1.29, 1.82) is 0 Å². The number of methoxy groups -OCH3 is 1. The first kappa shape index (κ1) is 31.9. The number of amides is 2. The maximum Gasteiger partial charge on any atom is 0.430 e. The van der Waals surface area contributed by atoms with Crippen molar-refractivity contribution in [2.24, 2.45) is 11.3 Å². The van der Waals surface area contributed by atoms with Crippen LogP contribution in [0.15, 0.2) is 36.4 Å². The SMILES string of the molecule is COc1cccc([C@@](O)(C(=O)N(C)CC[C@H]2CC23CCN(c2ccc(C(=O)N(C)C(C)C)c(Cl)n2)CC3)C(F)(F)F)c1. The molecular formula is C30H38ClF3N4O4. The van der Waals surface area contributed by atoms with Crippen LogP contribution in [0.2, 0.25) is 5.15 Å². The summed E-state index contributed by atoms with van der Waals surface area (Å²) in [6.45, 7) is 5.40. The number of carbonyl (C=O) groups is 2. The maximum atomic E-state index is 14.1. The summed E-state index contributed by atoms with van der Waals surface area (Å²) in [5.74, 6) is -0.526. The van der Waals surface area contributed by atoms with Crippen LogP contribution in [0.4, 0.5) is 19.0 Å². The maximum absolute atomic E-state index is 14.1. The number of aromatic nitrogens is 1. The fourth-order valence-corrected chi connectivity index (χ4v) is 6.03. The van der Waals surface area contributed by atoms with Gasteiger partial charge in [-0.25, -0.2) is 4.98 Å². The van der Waals surface area contributed by atoms with Crippen molar-refractivity contribution in [3.05, 3.63) is 52.7 Å². The number of rotatable bonds is 9. The van der Waals surface area contributed by atoms with Gasteiger partial charge >= 0.3 is 6.18 Å². The number of benzene rings is 1. The zero-order valence-corrected chi connectivity index (χ0v) is 25.3. The average Bonchev–Trinajstić information content (AvgIpc) is 3.64. The topological polar surface area (TPSA) is 86.2 Å². The number of hydrogen-bond acceptors (Lipinski definition) is 6. The number of piperidine rings is 1. The molecule has 2 atom stereocenters. The molecule has 1 saturated carbocycles. The number of nitrogens with zero attached hydrogens (tertiary/aromatic N) is 4. The Balaban J connectivity index is 1.34. The molecule has 42 heavy (non-hydrogen) atoms. The highest BCUT2D eigenvalue weighted by molar-refractivity contribution is 6.32. The number of aliphatic hydroxyl groups is 1. The van der Waals surface area contributed by atoms with E-state index in [1.165, 1.54) is 26.3 Å². The molecule has 1 saturated heterocycles. The highest BCUT2D eigenvalue weighted by Crippen LogP contribution is 2.61. The molecule has 2 heterocycles. The molecule has 1 N–H and O–H groups in total. The van der Waals surface area contributed by atoms with Crippen molar-refractivity contribution >= 4 is 29.2 Å². The molecule has 230 valence electrons. The van der Waals surface area contributed by atoms with Gasteiger partial charge in [-0.3, -0.25) is 9.59 Å². The molecule has 12 heteroatoms. The predicted octanol–water partition coefficient (Wildman–Crippen LogP) is 5.13. The van der Waals surface area contributed by atoms with E-state index in [0.717, 1.165) is 49.4 Å². The average molecular weight is 611 g/mol. The molecule has 4 rings (SSSR count). The van der Waals surface area contributed by atoms with Crippen LogP contribution in [-0.2, 0) is 10.4 Å². The quantitative estimate of drug-likeness (QED) is 0.396. The summed E-state index contributed by atoms with van der Waals surface area (Å²) in [4.78, 5) is 34.9. The highest BCUT2D eigenvalue weighted by Gasteiger charge is 2.62. The molecule has 2 fully saturated rings. The van der Waals surface area contributed by atoms with Gasteiger partial charge in [0, 0.05) is 45.3 Å². The standard InChI is InChI=1S/C30H38ClF3N4O4/c1-19(2)37(4)26(39)23-9-10-24(35-25(23)31)38-15-12-28(13-16-38)18-21(28)11-14-36(3)27(40)29(41,30(32,33)34)20-7-6-8-22(17-20)42-5/h6-10,17,19,21,41H,11-16,18H2,1-5H3/t21-,29+/m0/s1. The second-order valence-corrected chi connectivity index (χ2v) is 12.1. The lowest BCUT2D eigenvalue weighted by atomic mass is 9.89. The van der Waals surface area contributed by atoms with Crippen LogP contribution < -0.4 is 9.64 Å². The largest absolute Gasteiger partial charge is 0.497 e. The number of likely N-dealkylation sites (N-methyl/N-ethyl adjacent to an activating group) is 1. The van der Waals surface area contributed by atoms with E-state index < -0.39 is 23.2 Å². The van der Waals surface area contributed by atoms with E-state index in [1.807, 2.05) is 13.8 Å². The minimum absolute atomic E-state index is 0.0275. The molecule has 0 unspecified atom stereocenters. The second-order valence-electron chi connectivity index (χ2n) is 11.7. The molecule has 1 aliphatic carbocycles. The van der Waals surface area contributed by atoms with Crippen molar-refractivity contribution < 1.29 is 32.6 Å². The molecule has 1 spiro atoms. The molecule has 0 bridgehead atoms. The first-order chi connectivity index (χ1) is 19.6. The van der Waals surface area contributed by atoms with E-state index in [9.17, 15) is 27.9 Å². The number of ether oxygens (including phenoxy) is 1. The van der Waals surface area contributed by atoms with Crippen LogP contribution in [0.3, 0.4) is 0 Å². The van der Waals surface area contributed by atoms with Gasteiger partial charge in [0.15, 0.2) is 0 Å². The molecule has 1 aromatic heterocycles. The molecule has 0 radical (unpaired) electrons. The Morgan fingerprint density at radius 2 is 1.86 bits per heavy atom. The summed E-state index contributed by atoms with van der Waals surface area (Å²) in [5.41, 5.74) is -3.83. The van der Waals surface area contributed by atoms with Gasteiger partial charge in [-0.15, -0.1) is 0 Å². The third kappa shape index (κ3) is 6.04.